The topological polar surface area (TPSA) is 78.5 Å². The summed E-state index contributed by atoms with van der Waals surface area (Å²) in [6.07, 6.45) is 0. The third-order valence-corrected chi connectivity index (χ3v) is 4.03. The van der Waals surface area contributed by atoms with E-state index in [1.54, 1.807) is 66.7 Å². The Labute approximate surface area is 157 Å². The molecule has 0 aromatic heterocycles. The maximum atomic E-state index is 12.8. The van der Waals surface area contributed by atoms with Gasteiger partial charge in [0.1, 0.15) is 5.75 Å². The Morgan fingerprint density at radius 3 is 2.00 bits per heavy atom. The van der Waals surface area contributed by atoms with E-state index in [1.165, 1.54) is 6.07 Å². The van der Waals surface area contributed by atoms with Gasteiger partial charge in [-0.2, -0.15) is 0 Å². The summed E-state index contributed by atoms with van der Waals surface area (Å²) in [7, 11) is 0. The van der Waals surface area contributed by atoms with E-state index in [0.717, 1.165) is 5.75 Å². The fraction of sp³-hybridized carbons (Fsp3) is 0.0909. The Morgan fingerprint density at radius 1 is 0.852 bits per heavy atom. The average molecular weight is 360 g/mol. The number of rotatable bonds is 6. The van der Waals surface area contributed by atoms with Gasteiger partial charge in [0, 0.05) is 16.8 Å². The van der Waals surface area contributed by atoms with Crippen LogP contribution in [-0.4, -0.2) is 18.5 Å². The molecule has 0 spiro atoms. The van der Waals surface area contributed by atoms with Crippen molar-refractivity contribution in [2.75, 3.05) is 11.9 Å². The smallest absolute Gasteiger partial charge is 0.256 e. The van der Waals surface area contributed by atoms with Crippen LogP contribution < -0.4 is 15.2 Å². The van der Waals surface area contributed by atoms with Gasteiger partial charge >= 0.3 is 0 Å². The SMILES string of the molecule is CCOc1ccc(NC(=O)c2ccccc2-c2ccccc2C(=O)[O-])cc1. The third-order valence-electron chi connectivity index (χ3n) is 4.03. The highest BCUT2D eigenvalue weighted by atomic mass is 16.5. The number of nitrogens with one attached hydrogen (secondary N) is 1. The van der Waals surface area contributed by atoms with Crippen LogP contribution in [0.15, 0.2) is 72.8 Å². The number of hydrogen-bond donors (Lipinski definition) is 1. The molecule has 0 heterocycles. The monoisotopic (exact) mass is 360 g/mol. The molecular formula is C22H18NO4-. The van der Waals surface area contributed by atoms with Crippen LogP contribution in [0.25, 0.3) is 11.1 Å². The number of aromatic carboxylic acids is 1. The molecule has 3 rings (SSSR count). The molecule has 0 aliphatic carbocycles. The molecule has 0 atom stereocenters. The molecule has 0 fully saturated rings. The Kier molecular flexibility index (Phi) is 5.52. The normalized spacial score (nSPS) is 10.3. The molecule has 5 heteroatoms. The van der Waals surface area contributed by atoms with Crippen molar-refractivity contribution in [3.05, 3.63) is 83.9 Å². The van der Waals surface area contributed by atoms with Crippen molar-refractivity contribution >= 4 is 17.6 Å². The molecule has 5 nitrogen and oxygen atoms in total. The minimum absolute atomic E-state index is 0.0406. The molecule has 3 aromatic rings. The second-order valence-corrected chi connectivity index (χ2v) is 5.79. The van der Waals surface area contributed by atoms with Crippen molar-refractivity contribution in [1.29, 1.82) is 0 Å². The van der Waals surface area contributed by atoms with Gasteiger partial charge in [0.05, 0.1) is 12.6 Å². The lowest BCUT2D eigenvalue weighted by molar-refractivity contribution is -0.254. The van der Waals surface area contributed by atoms with Gasteiger partial charge in [-0.25, -0.2) is 0 Å². The molecule has 3 aromatic carbocycles. The molecule has 0 aliphatic rings. The summed E-state index contributed by atoms with van der Waals surface area (Å²) >= 11 is 0. The first-order valence-electron chi connectivity index (χ1n) is 8.54. The molecule has 0 saturated carbocycles. The lowest BCUT2D eigenvalue weighted by atomic mass is 9.95. The van der Waals surface area contributed by atoms with Gasteiger partial charge in [-0.15, -0.1) is 0 Å². The van der Waals surface area contributed by atoms with E-state index in [0.29, 0.717) is 29.0 Å². The zero-order chi connectivity index (χ0) is 19.2. The van der Waals surface area contributed by atoms with Crippen LogP contribution in [0, 0.1) is 0 Å². The number of anilines is 1. The van der Waals surface area contributed by atoms with E-state index in [1.807, 2.05) is 6.92 Å². The van der Waals surface area contributed by atoms with E-state index in [2.05, 4.69) is 5.32 Å². The van der Waals surface area contributed by atoms with E-state index in [4.69, 9.17) is 4.74 Å². The van der Waals surface area contributed by atoms with Crippen LogP contribution in [-0.2, 0) is 0 Å². The Hall–Kier alpha value is -3.60. The van der Waals surface area contributed by atoms with Gasteiger partial charge < -0.3 is 20.0 Å². The molecule has 1 amide bonds. The molecular weight excluding hydrogens is 342 g/mol. The lowest BCUT2D eigenvalue weighted by Crippen LogP contribution is -2.23. The van der Waals surface area contributed by atoms with Crippen LogP contribution in [0.5, 0.6) is 5.75 Å². The molecule has 0 aliphatic heterocycles. The van der Waals surface area contributed by atoms with Gasteiger partial charge in [0.25, 0.3) is 5.91 Å². The number of amides is 1. The number of benzene rings is 3. The molecule has 136 valence electrons. The van der Waals surface area contributed by atoms with Crippen molar-refractivity contribution in [1.82, 2.24) is 0 Å². The highest BCUT2D eigenvalue weighted by Crippen LogP contribution is 2.28. The second kappa shape index (κ2) is 8.19. The largest absolute Gasteiger partial charge is 0.545 e. The first kappa shape index (κ1) is 18.2. The highest BCUT2D eigenvalue weighted by molar-refractivity contribution is 6.10. The predicted molar refractivity (Wildman–Crippen MR) is 102 cm³/mol. The van der Waals surface area contributed by atoms with Gasteiger partial charge in [-0.1, -0.05) is 42.5 Å². The van der Waals surface area contributed by atoms with Crippen LogP contribution in [0.2, 0.25) is 0 Å². The average Bonchev–Trinajstić information content (AvgIpc) is 2.69. The summed E-state index contributed by atoms with van der Waals surface area (Å²) in [5.74, 6) is -0.894. The molecule has 0 bridgehead atoms. The zero-order valence-corrected chi connectivity index (χ0v) is 14.8. The summed E-state index contributed by atoms with van der Waals surface area (Å²) in [6, 6.07) is 20.4. The van der Waals surface area contributed by atoms with E-state index in [9.17, 15) is 14.7 Å². The van der Waals surface area contributed by atoms with Gasteiger partial charge in [0.2, 0.25) is 0 Å². The number of hydrogen-bond acceptors (Lipinski definition) is 4. The number of carbonyl (C=O) groups is 2. The molecule has 1 N–H and O–H groups in total. The van der Waals surface area contributed by atoms with Crippen molar-refractivity contribution in [3.63, 3.8) is 0 Å². The maximum Gasteiger partial charge on any atom is 0.256 e. The van der Waals surface area contributed by atoms with Gasteiger partial charge in [0.15, 0.2) is 0 Å². The summed E-state index contributed by atoms with van der Waals surface area (Å²) in [4.78, 5) is 24.2. The van der Waals surface area contributed by atoms with E-state index in [-0.39, 0.29) is 11.5 Å². The molecule has 0 saturated heterocycles. The summed E-state index contributed by atoms with van der Waals surface area (Å²) < 4.78 is 5.39. The van der Waals surface area contributed by atoms with E-state index < -0.39 is 5.97 Å². The Bertz CT molecular complexity index is 964. The van der Waals surface area contributed by atoms with Crippen molar-refractivity contribution in [2.45, 2.75) is 6.92 Å². The van der Waals surface area contributed by atoms with Gasteiger partial charge in [-0.05, 0) is 48.4 Å². The van der Waals surface area contributed by atoms with Crippen molar-refractivity contribution in [2.24, 2.45) is 0 Å². The lowest BCUT2D eigenvalue weighted by Gasteiger charge is -2.14. The van der Waals surface area contributed by atoms with Crippen molar-refractivity contribution < 1.29 is 19.4 Å². The number of carboxylic acids is 1. The fourth-order valence-corrected chi connectivity index (χ4v) is 2.81. The zero-order valence-electron chi connectivity index (χ0n) is 14.8. The molecule has 27 heavy (non-hydrogen) atoms. The first-order valence-corrected chi connectivity index (χ1v) is 8.54. The number of carbonyl (C=O) groups excluding carboxylic acids is 2. The maximum absolute atomic E-state index is 12.8. The van der Waals surface area contributed by atoms with Crippen LogP contribution in [0.3, 0.4) is 0 Å². The van der Waals surface area contributed by atoms with Crippen LogP contribution in [0.4, 0.5) is 5.69 Å². The second-order valence-electron chi connectivity index (χ2n) is 5.79. The Morgan fingerprint density at radius 2 is 1.41 bits per heavy atom. The predicted octanol–water partition coefficient (Wildman–Crippen LogP) is 3.37. The van der Waals surface area contributed by atoms with Crippen LogP contribution >= 0.6 is 0 Å². The Balaban J connectivity index is 1.92. The number of carboxylic acid groups (broad SMARTS) is 1. The van der Waals surface area contributed by atoms with E-state index >= 15 is 0 Å². The summed E-state index contributed by atoms with van der Waals surface area (Å²) in [5, 5.41) is 14.3. The summed E-state index contributed by atoms with van der Waals surface area (Å²) in [5.41, 5.74) is 2.00. The minimum Gasteiger partial charge on any atom is -0.545 e. The van der Waals surface area contributed by atoms with Gasteiger partial charge in [-0.3, -0.25) is 4.79 Å². The van der Waals surface area contributed by atoms with Crippen molar-refractivity contribution in [3.8, 4) is 16.9 Å². The quantitative estimate of drug-likeness (QED) is 0.731. The number of ether oxygens (including phenoxy) is 1. The fourth-order valence-electron chi connectivity index (χ4n) is 2.81. The van der Waals surface area contributed by atoms with Crippen LogP contribution in [0.1, 0.15) is 27.6 Å². The summed E-state index contributed by atoms with van der Waals surface area (Å²) in [6.45, 7) is 2.47. The molecule has 0 radical (unpaired) electrons. The standard InChI is InChI=1S/C22H19NO4/c1-2-27-16-13-11-15(12-14-16)23-21(24)19-9-5-3-7-17(19)18-8-4-6-10-20(18)22(25)26/h3-14H,2H2,1H3,(H,23,24)(H,25,26)/p-1. The highest BCUT2D eigenvalue weighted by Gasteiger charge is 2.15. The molecule has 0 unspecified atom stereocenters. The first-order chi connectivity index (χ1) is 13.1. The third kappa shape index (κ3) is 4.15. The minimum atomic E-state index is -1.28.